The van der Waals surface area contributed by atoms with Gasteiger partial charge in [0.25, 0.3) is 0 Å². The summed E-state index contributed by atoms with van der Waals surface area (Å²) < 4.78 is 5.07. The van der Waals surface area contributed by atoms with Gasteiger partial charge in [-0.25, -0.2) is 4.98 Å². The Balaban J connectivity index is 1.89. The normalized spacial score (nSPS) is 27.7. The van der Waals surface area contributed by atoms with Crippen LogP contribution in [0.1, 0.15) is 18.4 Å². The fourth-order valence-corrected chi connectivity index (χ4v) is 2.67. The number of piperidine rings is 1. The van der Waals surface area contributed by atoms with Crippen molar-refractivity contribution in [2.75, 3.05) is 13.7 Å². The monoisotopic (exact) mass is 216 g/mol. The number of allylic oxidation sites excluding steroid dienone is 1. The summed E-state index contributed by atoms with van der Waals surface area (Å²) in [5.74, 6) is 1.45. The molecule has 3 nitrogen and oxygen atoms in total. The summed E-state index contributed by atoms with van der Waals surface area (Å²) in [6.07, 6.45) is 6.84. The molecule has 84 valence electrons. The molecule has 1 aromatic heterocycles. The molecule has 3 rings (SSSR count). The zero-order valence-electron chi connectivity index (χ0n) is 9.44. The van der Waals surface area contributed by atoms with Crippen LogP contribution in [0, 0.1) is 5.92 Å². The number of pyridine rings is 1. The van der Waals surface area contributed by atoms with Gasteiger partial charge in [0.15, 0.2) is 0 Å². The zero-order valence-corrected chi connectivity index (χ0v) is 9.44. The Kier molecular flexibility index (Phi) is 2.40. The van der Waals surface area contributed by atoms with E-state index in [-0.39, 0.29) is 0 Å². The van der Waals surface area contributed by atoms with E-state index in [0.717, 1.165) is 12.5 Å². The van der Waals surface area contributed by atoms with Crippen LogP contribution in [0.2, 0.25) is 0 Å². The van der Waals surface area contributed by atoms with Gasteiger partial charge in [-0.15, -0.1) is 0 Å². The number of hydrogen-bond donors (Lipinski definition) is 1. The SMILES string of the molecule is COc1ccc(C2=CC3CCNC2C3)cn1. The van der Waals surface area contributed by atoms with Crippen molar-refractivity contribution in [3.63, 3.8) is 0 Å². The van der Waals surface area contributed by atoms with Crippen molar-refractivity contribution in [1.29, 1.82) is 0 Å². The van der Waals surface area contributed by atoms with Crippen molar-refractivity contribution in [2.24, 2.45) is 5.92 Å². The van der Waals surface area contributed by atoms with Crippen molar-refractivity contribution >= 4 is 5.57 Å². The average Bonchev–Trinajstić information content (AvgIpc) is 2.64. The van der Waals surface area contributed by atoms with Crippen LogP contribution in [0.5, 0.6) is 5.88 Å². The molecule has 1 fully saturated rings. The molecule has 0 spiro atoms. The standard InChI is InChI=1S/C13H16N2O/c1-16-13-3-2-10(8-15-13)11-6-9-4-5-14-12(11)7-9/h2-3,6,8-9,12,14H,4-5,7H2,1H3. The Hall–Kier alpha value is -1.35. The molecule has 2 atom stereocenters. The molecule has 0 saturated carbocycles. The second-order valence-corrected chi connectivity index (χ2v) is 4.50. The van der Waals surface area contributed by atoms with Gasteiger partial charge in [-0.2, -0.15) is 0 Å². The summed E-state index contributed by atoms with van der Waals surface area (Å²) in [4.78, 5) is 4.27. The molecule has 1 aromatic rings. The summed E-state index contributed by atoms with van der Waals surface area (Å²) >= 11 is 0. The lowest BCUT2D eigenvalue weighted by atomic mass is 9.98. The molecule has 0 amide bonds. The lowest BCUT2D eigenvalue weighted by Gasteiger charge is -2.22. The van der Waals surface area contributed by atoms with Crippen molar-refractivity contribution in [2.45, 2.75) is 18.9 Å². The van der Waals surface area contributed by atoms with E-state index in [1.54, 1.807) is 7.11 Å². The summed E-state index contributed by atoms with van der Waals surface area (Å²) in [5.41, 5.74) is 2.64. The lowest BCUT2D eigenvalue weighted by molar-refractivity contribution is 0.397. The third kappa shape index (κ3) is 1.61. The van der Waals surface area contributed by atoms with Gasteiger partial charge >= 0.3 is 0 Å². The third-order valence-corrected chi connectivity index (χ3v) is 3.51. The zero-order chi connectivity index (χ0) is 11.0. The van der Waals surface area contributed by atoms with E-state index in [2.05, 4.69) is 22.4 Å². The van der Waals surface area contributed by atoms with Crippen LogP contribution in [0.25, 0.3) is 5.57 Å². The largest absolute Gasteiger partial charge is 0.481 e. The molecule has 1 aliphatic heterocycles. The first-order valence-corrected chi connectivity index (χ1v) is 5.82. The smallest absolute Gasteiger partial charge is 0.212 e. The summed E-state index contributed by atoms with van der Waals surface area (Å²) in [6.45, 7) is 1.14. The van der Waals surface area contributed by atoms with Crippen LogP contribution >= 0.6 is 0 Å². The maximum Gasteiger partial charge on any atom is 0.212 e. The molecular formula is C13H16N2O. The third-order valence-electron chi connectivity index (χ3n) is 3.51. The molecule has 3 heteroatoms. The van der Waals surface area contributed by atoms with Gasteiger partial charge in [0.1, 0.15) is 0 Å². The number of ether oxygens (including phenoxy) is 1. The second kappa shape index (κ2) is 3.91. The maximum absolute atomic E-state index is 5.07. The van der Waals surface area contributed by atoms with Crippen LogP contribution < -0.4 is 10.1 Å². The topological polar surface area (TPSA) is 34.1 Å². The first-order chi connectivity index (χ1) is 7.86. The molecule has 16 heavy (non-hydrogen) atoms. The maximum atomic E-state index is 5.07. The van der Waals surface area contributed by atoms with Crippen LogP contribution in [0.4, 0.5) is 0 Å². The first kappa shape index (κ1) is 9.85. The fraction of sp³-hybridized carbons (Fsp3) is 0.462. The minimum Gasteiger partial charge on any atom is -0.481 e. The average molecular weight is 216 g/mol. The Morgan fingerprint density at radius 3 is 3.06 bits per heavy atom. The Bertz CT molecular complexity index is 410. The van der Waals surface area contributed by atoms with Crippen molar-refractivity contribution in [3.05, 3.63) is 30.0 Å². The molecule has 2 bridgehead atoms. The molecular weight excluding hydrogens is 200 g/mol. The van der Waals surface area contributed by atoms with Gasteiger partial charge in [0.05, 0.1) is 7.11 Å². The van der Waals surface area contributed by atoms with Crippen LogP contribution in [-0.2, 0) is 0 Å². The highest BCUT2D eigenvalue weighted by Gasteiger charge is 2.30. The number of nitrogens with one attached hydrogen (secondary N) is 1. The van der Waals surface area contributed by atoms with E-state index in [1.165, 1.54) is 24.0 Å². The van der Waals surface area contributed by atoms with Gasteiger partial charge in [-0.1, -0.05) is 6.08 Å². The van der Waals surface area contributed by atoms with E-state index in [4.69, 9.17) is 4.74 Å². The Morgan fingerprint density at radius 1 is 1.44 bits per heavy atom. The number of methoxy groups -OCH3 is 1. The predicted molar refractivity (Wildman–Crippen MR) is 63.3 cm³/mol. The quantitative estimate of drug-likeness (QED) is 0.819. The van der Waals surface area contributed by atoms with E-state index in [9.17, 15) is 0 Å². The minimum atomic E-state index is 0.536. The fourth-order valence-electron chi connectivity index (χ4n) is 2.67. The Morgan fingerprint density at radius 2 is 2.38 bits per heavy atom. The number of aromatic nitrogens is 1. The number of hydrogen-bond acceptors (Lipinski definition) is 3. The van der Waals surface area contributed by atoms with Gasteiger partial charge < -0.3 is 10.1 Å². The lowest BCUT2D eigenvalue weighted by Crippen LogP contribution is -2.34. The predicted octanol–water partition coefficient (Wildman–Crippen LogP) is 1.86. The highest BCUT2D eigenvalue weighted by molar-refractivity contribution is 5.72. The molecule has 2 unspecified atom stereocenters. The molecule has 1 aliphatic carbocycles. The van der Waals surface area contributed by atoms with Crippen molar-refractivity contribution in [1.82, 2.24) is 10.3 Å². The van der Waals surface area contributed by atoms with Gasteiger partial charge in [0.2, 0.25) is 5.88 Å². The van der Waals surface area contributed by atoms with Crippen molar-refractivity contribution in [3.8, 4) is 5.88 Å². The summed E-state index contributed by atoms with van der Waals surface area (Å²) in [5, 5.41) is 3.56. The molecule has 0 radical (unpaired) electrons. The van der Waals surface area contributed by atoms with E-state index in [1.807, 2.05) is 12.3 Å². The summed E-state index contributed by atoms with van der Waals surface area (Å²) in [7, 11) is 1.64. The van der Waals surface area contributed by atoms with Crippen LogP contribution in [0.3, 0.4) is 0 Å². The van der Waals surface area contributed by atoms with Crippen LogP contribution in [0.15, 0.2) is 24.4 Å². The minimum absolute atomic E-state index is 0.536. The molecule has 2 aliphatic rings. The summed E-state index contributed by atoms with van der Waals surface area (Å²) in [6, 6.07) is 4.56. The highest BCUT2D eigenvalue weighted by Crippen LogP contribution is 2.36. The highest BCUT2D eigenvalue weighted by atomic mass is 16.5. The van der Waals surface area contributed by atoms with E-state index >= 15 is 0 Å². The molecule has 1 saturated heterocycles. The van der Waals surface area contributed by atoms with Gasteiger partial charge in [0, 0.05) is 18.3 Å². The molecule has 0 aromatic carbocycles. The number of nitrogens with zero attached hydrogens (tertiary/aromatic N) is 1. The van der Waals surface area contributed by atoms with Crippen LogP contribution in [-0.4, -0.2) is 24.7 Å². The molecule has 1 N–H and O–H groups in total. The number of rotatable bonds is 2. The second-order valence-electron chi connectivity index (χ2n) is 4.50. The van der Waals surface area contributed by atoms with E-state index in [0.29, 0.717) is 11.9 Å². The van der Waals surface area contributed by atoms with E-state index < -0.39 is 0 Å². The Labute approximate surface area is 95.5 Å². The van der Waals surface area contributed by atoms with Gasteiger partial charge in [-0.05, 0) is 42.5 Å². The first-order valence-electron chi connectivity index (χ1n) is 5.82. The van der Waals surface area contributed by atoms with Gasteiger partial charge in [-0.3, -0.25) is 0 Å². The molecule has 2 heterocycles. The number of fused-ring (bicyclic) bond motifs is 2. The van der Waals surface area contributed by atoms with Crippen molar-refractivity contribution < 1.29 is 4.74 Å².